The van der Waals surface area contributed by atoms with Crippen LogP contribution in [0.3, 0.4) is 0 Å². The molecule has 10 nitrogen and oxygen atoms in total. The van der Waals surface area contributed by atoms with Crippen molar-refractivity contribution in [3.63, 3.8) is 0 Å². The predicted molar refractivity (Wildman–Crippen MR) is 322 cm³/mol. The Morgan fingerprint density at radius 3 is 1.06 bits per heavy atom. The summed E-state index contributed by atoms with van der Waals surface area (Å²) in [5.41, 5.74) is 1.25. The van der Waals surface area contributed by atoms with E-state index in [9.17, 15) is 9.59 Å². The molecular formula is C67H126O10. The number of carbonyl (C=O) groups is 2. The van der Waals surface area contributed by atoms with Gasteiger partial charge < -0.3 is 37.9 Å². The first-order chi connectivity index (χ1) is 38.0. The highest BCUT2D eigenvalue weighted by molar-refractivity contribution is 5.72. The van der Waals surface area contributed by atoms with Gasteiger partial charge in [-0.3, -0.25) is 9.59 Å². The van der Waals surface area contributed by atoms with E-state index >= 15 is 0 Å². The molecule has 0 fully saturated rings. The van der Waals surface area contributed by atoms with Crippen molar-refractivity contribution < 1.29 is 47.5 Å². The third-order valence-electron chi connectivity index (χ3n) is 15.3. The van der Waals surface area contributed by atoms with E-state index < -0.39 is 0 Å². The average molecular weight is 1090 g/mol. The highest BCUT2D eigenvalue weighted by Crippen LogP contribution is 2.23. The van der Waals surface area contributed by atoms with E-state index in [1.54, 1.807) is 0 Å². The molecule has 77 heavy (non-hydrogen) atoms. The van der Waals surface area contributed by atoms with Gasteiger partial charge in [0, 0.05) is 12.5 Å². The minimum absolute atomic E-state index is 0.0432. The fourth-order valence-corrected chi connectivity index (χ4v) is 10.2. The SMILES string of the molecule is CCCCCCCCC(CCCCCCCC)C(=O)OCCCCCCCC(COCCCCCCOC(=O)C(CCCCCCCC)CCCCCCCC)COCCOCCOCCOCCOCC1=CCCC=C1. The van der Waals surface area contributed by atoms with E-state index in [-0.39, 0.29) is 23.8 Å². The van der Waals surface area contributed by atoms with Gasteiger partial charge in [0.25, 0.3) is 0 Å². The van der Waals surface area contributed by atoms with E-state index in [1.807, 2.05) is 0 Å². The van der Waals surface area contributed by atoms with Crippen molar-refractivity contribution in [1.82, 2.24) is 0 Å². The first-order valence-electron chi connectivity index (χ1n) is 33.2. The Kier molecular flexibility index (Phi) is 57.3. The molecule has 0 saturated carbocycles. The number of carbonyl (C=O) groups excluding carboxylic acids is 2. The maximum atomic E-state index is 13.2. The van der Waals surface area contributed by atoms with E-state index in [1.165, 1.54) is 134 Å². The first-order valence-corrected chi connectivity index (χ1v) is 33.2. The molecule has 0 heterocycles. The normalized spacial score (nSPS) is 13.0. The smallest absolute Gasteiger partial charge is 0.308 e. The van der Waals surface area contributed by atoms with Crippen LogP contribution >= 0.6 is 0 Å². The van der Waals surface area contributed by atoms with E-state index in [0.29, 0.717) is 91.8 Å². The summed E-state index contributed by atoms with van der Waals surface area (Å²) < 4.78 is 47.0. The minimum Gasteiger partial charge on any atom is -0.465 e. The molecule has 0 aromatic heterocycles. The van der Waals surface area contributed by atoms with E-state index in [4.69, 9.17) is 37.9 Å². The van der Waals surface area contributed by atoms with Gasteiger partial charge in [-0.15, -0.1) is 0 Å². The fraction of sp³-hybridized carbons (Fsp3) is 0.910. The van der Waals surface area contributed by atoms with Crippen molar-refractivity contribution in [2.24, 2.45) is 17.8 Å². The maximum Gasteiger partial charge on any atom is 0.308 e. The van der Waals surface area contributed by atoms with Gasteiger partial charge in [0.15, 0.2) is 0 Å². The van der Waals surface area contributed by atoms with Gasteiger partial charge in [0.2, 0.25) is 0 Å². The van der Waals surface area contributed by atoms with Crippen LogP contribution in [0.2, 0.25) is 0 Å². The number of allylic oxidation sites excluding steroid dienone is 2. The summed E-state index contributed by atoms with van der Waals surface area (Å²) in [6, 6.07) is 0. The highest BCUT2D eigenvalue weighted by atomic mass is 16.6. The Bertz CT molecular complexity index is 1260. The van der Waals surface area contributed by atoms with Gasteiger partial charge >= 0.3 is 11.9 Å². The topological polar surface area (TPSA) is 108 Å². The maximum absolute atomic E-state index is 13.2. The molecule has 454 valence electrons. The van der Waals surface area contributed by atoms with Crippen LogP contribution in [0, 0.1) is 17.8 Å². The first kappa shape index (κ1) is 73.2. The molecule has 1 rings (SSSR count). The molecule has 0 N–H and O–H groups in total. The summed E-state index contributed by atoms with van der Waals surface area (Å²) >= 11 is 0. The van der Waals surface area contributed by atoms with Gasteiger partial charge in [-0.05, 0) is 76.2 Å². The monoisotopic (exact) mass is 1090 g/mol. The van der Waals surface area contributed by atoms with Crippen LogP contribution in [0.1, 0.15) is 285 Å². The standard InChI is InChI=1S/C67H126O10/c1-5-9-13-17-23-34-44-64(45-35-24-18-14-10-6-2)66(68)76-49-39-27-21-22-31-43-63(61-75-58-56-72-54-52-70-51-53-71-55-57-74-59-62-41-32-30-33-42-62)60-73-48-38-28-29-40-50-77-67(69)65(46-36-25-19-15-11-7-3)47-37-26-20-16-12-8-4/h32,41-42,63-65H,5-31,33-40,43-61H2,1-4H3. The van der Waals surface area contributed by atoms with Crippen molar-refractivity contribution >= 4 is 11.9 Å². The molecule has 0 amide bonds. The molecule has 0 aliphatic heterocycles. The number of esters is 2. The van der Waals surface area contributed by atoms with Crippen LogP contribution in [-0.2, 0) is 47.5 Å². The summed E-state index contributed by atoms with van der Waals surface area (Å²) in [6.45, 7) is 17.3. The van der Waals surface area contributed by atoms with Crippen LogP contribution in [0.5, 0.6) is 0 Å². The number of hydrogen-bond acceptors (Lipinski definition) is 10. The second-order valence-electron chi connectivity index (χ2n) is 22.6. The molecule has 0 spiro atoms. The largest absolute Gasteiger partial charge is 0.465 e. The molecule has 10 heteroatoms. The molecule has 1 unspecified atom stereocenters. The Hall–Kier alpha value is -1.82. The highest BCUT2D eigenvalue weighted by Gasteiger charge is 2.21. The quantitative estimate of drug-likeness (QED) is 0.0432. The average Bonchev–Trinajstić information content (AvgIpc) is 3.44. The molecule has 0 saturated heterocycles. The summed E-state index contributed by atoms with van der Waals surface area (Å²) in [5.74, 6) is 0.567. The molecular weight excluding hydrogens is 965 g/mol. The van der Waals surface area contributed by atoms with Crippen molar-refractivity contribution in [2.75, 3.05) is 92.5 Å². The molecule has 1 aliphatic rings. The van der Waals surface area contributed by atoms with Crippen LogP contribution < -0.4 is 0 Å². The van der Waals surface area contributed by atoms with Gasteiger partial charge in [0.05, 0.1) is 97.7 Å². The number of rotatable bonds is 63. The van der Waals surface area contributed by atoms with Crippen LogP contribution in [0.4, 0.5) is 0 Å². The molecule has 1 aliphatic carbocycles. The third kappa shape index (κ3) is 50.8. The molecule has 0 aromatic rings. The third-order valence-corrected chi connectivity index (χ3v) is 15.3. The Labute approximate surface area is 476 Å². The zero-order valence-electron chi connectivity index (χ0n) is 51.2. The van der Waals surface area contributed by atoms with Crippen molar-refractivity contribution in [3.05, 3.63) is 23.8 Å². The second kappa shape index (κ2) is 60.3. The second-order valence-corrected chi connectivity index (χ2v) is 22.6. The van der Waals surface area contributed by atoms with Crippen molar-refractivity contribution in [2.45, 2.75) is 285 Å². The van der Waals surface area contributed by atoms with Crippen molar-refractivity contribution in [1.29, 1.82) is 0 Å². The zero-order valence-corrected chi connectivity index (χ0v) is 51.2. The van der Waals surface area contributed by atoms with Crippen molar-refractivity contribution in [3.8, 4) is 0 Å². The Morgan fingerprint density at radius 2 is 0.675 bits per heavy atom. The minimum atomic E-state index is 0.0432. The van der Waals surface area contributed by atoms with Crippen LogP contribution in [-0.4, -0.2) is 104 Å². The van der Waals surface area contributed by atoms with Crippen LogP contribution in [0.25, 0.3) is 0 Å². The number of hydrogen-bond donors (Lipinski definition) is 0. The molecule has 0 radical (unpaired) electrons. The summed E-state index contributed by atoms with van der Waals surface area (Å²) in [6.07, 6.45) is 53.5. The molecule has 0 bridgehead atoms. The lowest BCUT2D eigenvalue weighted by Crippen LogP contribution is -2.19. The number of ether oxygens (including phenoxy) is 8. The molecule has 0 aromatic carbocycles. The Morgan fingerprint density at radius 1 is 0.351 bits per heavy atom. The van der Waals surface area contributed by atoms with E-state index in [2.05, 4.69) is 45.9 Å². The van der Waals surface area contributed by atoms with Gasteiger partial charge in [0.1, 0.15) is 0 Å². The van der Waals surface area contributed by atoms with Gasteiger partial charge in [-0.1, -0.05) is 232 Å². The lowest BCUT2D eigenvalue weighted by atomic mass is 9.94. The summed E-state index contributed by atoms with van der Waals surface area (Å²) in [4.78, 5) is 26.4. The van der Waals surface area contributed by atoms with Crippen LogP contribution in [0.15, 0.2) is 23.8 Å². The summed E-state index contributed by atoms with van der Waals surface area (Å²) in [7, 11) is 0. The van der Waals surface area contributed by atoms with Gasteiger partial charge in [-0.25, -0.2) is 0 Å². The lowest BCUT2D eigenvalue weighted by Gasteiger charge is -2.18. The molecule has 1 atom stereocenters. The van der Waals surface area contributed by atoms with E-state index in [0.717, 1.165) is 135 Å². The Balaban J connectivity index is 2.42. The lowest BCUT2D eigenvalue weighted by molar-refractivity contribution is -0.150. The summed E-state index contributed by atoms with van der Waals surface area (Å²) in [5, 5.41) is 0. The zero-order chi connectivity index (χ0) is 55.4. The number of unbranched alkanes of at least 4 members (excludes halogenated alkanes) is 27. The fourth-order valence-electron chi connectivity index (χ4n) is 10.2. The predicted octanol–water partition coefficient (Wildman–Crippen LogP) is 18.2. The van der Waals surface area contributed by atoms with Gasteiger partial charge in [-0.2, -0.15) is 0 Å².